The van der Waals surface area contributed by atoms with E-state index in [2.05, 4.69) is 5.10 Å². The maximum Gasteiger partial charge on any atom is 0.420 e. The van der Waals surface area contributed by atoms with E-state index in [0.717, 1.165) is 6.07 Å². The number of aromatic nitrogens is 2. The highest BCUT2D eigenvalue weighted by atomic mass is 19.4. The number of carboxylic acids is 1. The first kappa shape index (κ1) is 21.2. The lowest BCUT2D eigenvalue weighted by molar-refractivity contribution is -0.138. The van der Waals surface area contributed by atoms with E-state index in [-0.39, 0.29) is 17.9 Å². The lowest BCUT2D eigenvalue weighted by atomic mass is 10.1. The summed E-state index contributed by atoms with van der Waals surface area (Å²) in [6.07, 6.45) is -3.25. The first-order valence-electron chi connectivity index (χ1n) is 9.49. The first-order valence-corrected chi connectivity index (χ1v) is 9.49. The molecule has 1 heterocycles. The minimum atomic E-state index is -4.70. The van der Waals surface area contributed by atoms with Crippen LogP contribution in [0.1, 0.15) is 11.1 Å². The Hall–Kier alpha value is -4.01. The molecule has 3 aromatic carbocycles. The normalized spacial score (nSPS) is 11.5. The number of carbonyl (C=O) groups is 1. The number of fused-ring (bicyclic) bond motifs is 1. The van der Waals surface area contributed by atoms with Crippen LogP contribution in [0.3, 0.4) is 0 Å². The number of carboxylic acid groups (broad SMARTS) is 1. The molecular weight excluding hydrogens is 425 g/mol. The Morgan fingerprint density at radius 3 is 2.47 bits per heavy atom. The molecule has 0 radical (unpaired) electrons. The van der Waals surface area contributed by atoms with E-state index in [1.807, 2.05) is 0 Å². The van der Waals surface area contributed by atoms with Crippen molar-refractivity contribution in [1.82, 2.24) is 9.78 Å². The van der Waals surface area contributed by atoms with Crippen LogP contribution in [-0.4, -0.2) is 20.9 Å². The highest BCUT2D eigenvalue weighted by Gasteiger charge is 2.35. The van der Waals surface area contributed by atoms with Crippen molar-refractivity contribution in [2.75, 3.05) is 0 Å². The Balaban J connectivity index is 1.66. The molecule has 9 heteroatoms. The zero-order chi connectivity index (χ0) is 22.9. The lowest BCUT2D eigenvalue weighted by Gasteiger charge is -2.16. The standard InChI is InChI=1S/C23H17F3N2O4/c1-28-13-17-19(27-28)6-3-7-20(17)31-16-8-9-21(18(12-16)23(24,25)26)32-15-5-2-4-14(10-15)11-22(29)30/h2-10,12-13H,11H2,1H3,(H,29,30). The quantitative estimate of drug-likeness (QED) is 0.408. The summed E-state index contributed by atoms with van der Waals surface area (Å²) in [7, 11) is 1.74. The average Bonchev–Trinajstić information content (AvgIpc) is 3.09. The molecule has 32 heavy (non-hydrogen) atoms. The number of alkyl halides is 3. The van der Waals surface area contributed by atoms with Crippen LogP contribution in [0.25, 0.3) is 10.9 Å². The van der Waals surface area contributed by atoms with Crippen molar-refractivity contribution in [3.05, 3.63) is 78.0 Å². The summed E-state index contributed by atoms with van der Waals surface area (Å²) >= 11 is 0. The number of aryl methyl sites for hydroxylation is 1. The zero-order valence-corrected chi connectivity index (χ0v) is 16.8. The molecule has 1 N–H and O–H groups in total. The van der Waals surface area contributed by atoms with E-state index in [9.17, 15) is 18.0 Å². The molecule has 0 atom stereocenters. The molecule has 0 aliphatic carbocycles. The molecule has 0 fully saturated rings. The molecule has 0 aliphatic rings. The molecule has 4 aromatic rings. The Bertz CT molecular complexity index is 1300. The Labute approximate surface area is 180 Å². The number of benzene rings is 3. The molecule has 0 amide bonds. The van der Waals surface area contributed by atoms with Crippen LogP contribution in [0.15, 0.2) is 66.9 Å². The fraction of sp³-hybridized carbons (Fsp3) is 0.130. The van der Waals surface area contributed by atoms with E-state index < -0.39 is 23.5 Å². The summed E-state index contributed by atoms with van der Waals surface area (Å²) in [4.78, 5) is 10.9. The smallest absolute Gasteiger partial charge is 0.420 e. The first-order chi connectivity index (χ1) is 15.2. The molecule has 0 saturated carbocycles. The van der Waals surface area contributed by atoms with E-state index in [1.54, 1.807) is 42.2 Å². The summed E-state index contributed by atoms with van der Waals surface area (Å²) in [6.45, 7) is 0. The van der Waals surface area contributed by atoms with Gasteiger partial charge in [-0.15, -0.1) is 0 Å². The van der Waals surface area contributed by atoms with Gasteiger partial charge in [-0.1, -0.05) is 18.2 Å². The summed E-state index contributed by atoms with van der Waals surface area (Å²) in [5.41, 5.74) is 0.0484. The molecule has 6 nitrogen and oxygen atoms in total. The number of rotatable bonds is 6. The highest BCUT2D eigenvalue weighted by molar-refractivity contribution is 5.85. The van der Waals surface area contributed by atoms with Crippen molar-refractivity contribution in [3.8, 4) is 23.0 Å². The van der Waals surface area contributed by atoms with Gasteiger partial charge in [-0.3, -0.25) is 9.48 Å². The van der Waals surface area contributed by atoms with Gasteiger partial charge in [-0.05, 0) is 48.0 Å². The van der Waals surface area contributed by atoms with Crippen LogP contribution in [0.4, 0.5) is 13.2 Å². The van der Waals surface area contributed by atoms with Crippen LogP contribution < -0.4 is 9.47 Å². The number of ether oxygens (including phenoxy) is 2. The second-order valence-corrected chi connectivity index (χ2v) is 7.07. The molecule has 0 saturated heterocycles. The van der Waals surface area contributed by atoms with Crippen molar-refractivity contribution in [3.63, 3.8) is 0 Å². The molecular formula is C23H17F3N2O4. The number of aliphatic carboxylic acids is 1. The SMILES string of the molecule is Cn1cc2c(Oc3ccc(Oc4cccc(CC(=O)O)c4)c(C(F)(F)F)c3)cccc2n1. The monoisotopic (exact) mass is 442 g/mol. The molecule has 1 aromatic heterocycles. The third kappa shape index (κ3) is 4.66. The average molecular weight is 442 g/mol. The summed E-state index contributed by atoms with van der Waals surface area (Å²) in [5, 5.41) is 13.8. The topological polar surface area (TPSA) is 73.6 Å². The molecule has 0 bridgehead atoms. The third-order valence-corrected chi connectivity index (χ3v) is 4.59. The van der Waals surface area contributed by atoms with Crippen molar-refractivity contribution >= 4 is 16.9 Å². The summed E-state index contributed by atoms with van der Waals surface area (Å²) < 4.78 is 54.0. The maximum atomic E-state index is 13.8. The number of halogens is 3. The number of hydrogen-bond acceptors (Lipinski definition) is 4. The van der Waals surface area contributed by atoms with Crippen LogP contribution in [0.2, 0.25) is 0 Å². The lowest BCUT2D eigenvalue weighted by Crippen LogP contribution is -2.07. The van der Waals surface area contributed by atoms with Gasteiger partial charge in [0.1, 0.15) is 28.6 Å². The van der Waals surface area contributed by atoms with Gasteiger partial charge in [0.25, 0.3) is 0 Å². The van der Waals surface area contributed by atoms with Crippen molar-refractivity contribution < 1.29 is 32.5 Å². The van der Waals surface area contributed by atoms with Gasteiger partial charge in [-0.25, -0.2) is 0 Å². The Kier molecular flexibility index (Phi) is 5.48. The van der Waals surface area contributed by atoms with Gasteiger partial charge in [0.15, 0.2) is 0 Å². The third-order valence-electron chi connectivity index (χ3n) is 4.59. The largest absolute Gasteiger partial charge is 0.481 e. The maximum absolute atomic E-state index is 13.8. The molecule has 4 rings (SSSR count). The Morgan fingerprint density at radius 2 is 1.72 bits per heavy atom. The van der Waals surface area contributed by atoms with Gasteiger partial charge in [0.2, 0.25) is 0 Å². The van der Waals surface area contributed by atoms with Crippen molar-refractivity contribution in [2.24, 2.45) is 7.05 Å². The summed E-state index contributed by atoms with van der Waals surface area (Å²) in [6, 6.07) is 14.5. The van der Waals surface area contributed by atoms with Gasteiger partial charge < -0.3 is 14.6 Å². The fourth-order valence-electron chi connectivity index (χ4n) is 3.25. The van der Waals surface area contributed by atoms with Crippen molar-refractivity contribution in [1.29, 1.82) is 0 Å². The molecule has 0 aliphatic heterocycles. The highest BCUT2D eigenvalue weighted by Crippen LogP contribution is 2.41. The van der Waals surface area contributed by atoms with Gasteiger partial charge >= 0.3 is 12.1 Å². The van der Waals surface area contributed by atoms with Crippen LogP contribution in [0, 0.1) is 0 Å². The second-order valence-electron chi connectivity index (χ2n) is 7.07. The fourth-order valence-corrected chi connectivity index (χ4v) is 3.25. The van der Waals surface area contributed by atoms with Gasteiger partial charge in [0.05, 0.1) is 17.3 Å². The van der Waals surface area contributed by atoms with Gasteiger partial charge in [0, 0.05) is 13.2 Å². The van der Waals surface area contributed by atoms with E-state index in [1.165, 1.54) is 30.3 Å². The van der Waals surface area contributed by atoms with Crippen molar-refractivity contribution in [2.45, 2.75) is 12.6 Å². The number of nitrogens with zero attached hydrogens (tertiary/aromatic N) is 2. The van der Waals surface area contributed by atoms with E-state index in [4.69, 9.17) is 14.6 Å². The van der Waals surface area contributed by atoms with E-state index >= 15 is 0 Å². The number of hydrogen-bond donors (Lipinski definition) is 1. The minimum absolute atomic E-state index is 0.0133. The predicted molar refractivity (Wildman–Crippen MR) is 110 cm³/mol. The van der Waals surface area contributed by atoms with E-state index in [0.29, 0.717) is 22.2 Å². The van der Waals surface area contributed by atoms with Crippen LogP contribution in [0.5, 0.6) is 23.0 Å². The molecule has 164 valence electrons. The van der Waals surface area contributed by atoms with Gasteiger partial charge in [-0.2, -0.15) is 18.3 Å². The molecule has 0 unspecified atom stereocenters. The second kappa shape index (κ2) is 8.26. The minimum Gasteiger partial charge on any atom is -0.481 e. The Morgan fingerprint density at radius 1 is 1.00 bits per heavy atom. The van der Waals surface area contributed by atoms with Crippen LogP contribution in [-0.2, 0) is 24.4 Å². The predicted octanol–water partition coefficient (Wildman–Crippen LogP) is 5.80. The summed E-state index contributed by atoms with van der Waals surface area (Å²) in [5.74, 6) is -1.01. The molecule has 0 spiro atoms. The zero-order valence-electron chi connectivity index (χ0n) is 16.8. The van der Waals surface area contributed by atoms with Crippen LogP contribution >= 0.6 is 0 Å².